The van der Waals surface area contributed by atoms with Gasteiger partial charge in [0.25, 0.3) is 5.91 Å². The number of likely N-dealkylation sites (N-methyl/N-ethyl adjacent to an activating group) is 1. The number of carbonyl (C=O) groups excluding carboxylic acids is 2. The van der Waals surface area contributed by atoms with Crippen molar-refractivity contribution in [3.05, 3.63) is 88.5 Å². The Kier molecular flexibility index (Phi) is 8.89. The van der Waals surface area contributed by atoms with Crippen LogP contribution in [0, 0.1) is 10.8 Å². The summed E-state index contributed by atoms with van der Waals surface area (Å²) in [5.74, 6) is 0.749. The Bertz CT molecular complexity index is 1690. The zero-order valence-corrected chi connectivity index (χ0v) is 27.1. The number of ether oxygens (including phenoxy) is 1. The molecular weight excluding hydrogens is 566 g/mol. The van der Waals surface area contributed by atoms with Gasteiger partial charge in [0, 0.05) is 22.6 Å². The Morgan fingerprint density at radius 3 is 2.47 bits per heavy atom. The van der Waals surface area contributed by atoms with E-state index in [1.54, 1.807) is 36.0 Å². The Morgan fingerprint density at radius 2 is 1.80 bits per heavy atom. The number of pyridine rings is 1. The monoisotopic (exact) mass is 617 g/mol. The molecule has 10 nitrogen and oxygen atoms in total. The molecule has 3 aromatic rings. The molecule has 2 aromatic carbocycles. The van der Waals surface area contributed by atoms with Gasteiger partial charge in [-0.1, -0.05) is 45.0 Å². The van der Waals surface area contributed by atoms with Gasteiger partial charge < -0.3 is 20.7 Å². The van der Waals surface area contributed by atoms with E-state index in [9.17, 15) is 9.59 Å². The summed E-state index contributed by atoms with van der Waals surface area (Å²) in [5, 5.41) is 26.2. The zero-order chi connectivity index (χ0) is 32.5. The maximum absolute atomic E-state index is 13.3. The van der Waals surface area contributed by atoms with Gasteiger partial charge in [-0.2, -0.15) is 0 Å². The number of rotatable bonds is 6. The average molecular weight is 618 g/mol. The van der Waals surface area contributed by atoms with E-state index in [1.807, 2.05) is 43.4 Å². The van der Waals surface area contributed by atoms with E-state index in [4.69, 9.17) is 15.6 Å². The van der Waals surface area contributed by atoms with Gasteiger partial charge in [-0.05, 0) is 98.6 Å². The summed E-state index contributed by atoms with van der Waals surface area (Å²) in [6.45, 7) is 9.18. The SMILES string of the molecule is CNC(=O)c1cc(NC(=O)N[C@H]2CC[C@@H](Oc3ccc(=N)n(C(=N)[C@]4(C)CCCN4C)c3)c3ccccc32)cc(C(C)(C)C)c1.[HH].[HH].[HH]. The number of benzene rings is 2. The van der Waals surface area contributed by atoms with E-state index >= 15 is 0 Å². The summed E-state index contributed by atoms with van der Waals surface area (Å²) in [7, 11) is 3.62. The first-order valence-corrected chi connectivity index (χ1v) is 15.6. The predicted octanol–water partition coefficient (Wildman–Crippen LogP) is 6.45. The van der Waals surface area contributed by atoms with E-state index in [-0.39, 0.29) is 39.3 Å². The standard InChI is InChI=1S/C35H45N7O3.3H2/c1-34(2,3)23-18-22(31(43)38-5)19-24(20-23)39-33(44)40-28-13-14-29(27-11-8-7-10-26(27)28)45-25-12-15-30(36)42(21-25)32(37)35(4)16-9-17-41(35)6;;;/h7-8,10-12,15,18-21,28-29,36-37H,9,13-14,16-17H2,1-6H3,(H,38,43)(H2,39,40,44);3*1H/t28-,29+,35-;;;/m0.../s1. The molecule has 5 rings (SSSR count). The Morgan fingerprint density at radius 1 is 1.07 bits per heavy atom. The normalized spacial score (nSPS) is 21.5. The van der Waals surface area contributed by atoms with Crippen LogP contribution in [-0.2, 0) is 5.41 Å². The molecule has 1 saturated heterocycles. The molecule has 3 atom stereocenters. The predicted molar refractivity (Wildman–Crippen MR) is 182 cm³/mol. The molecule has 5 N–H and O–H groups in total. The molecule has 1 fully saturated rings. The van der Waals surface area contributed by atoms with E-state index in [2.05, 4.69) is 48.5 Å². The second kappa shape index (κ2) is 12.5. The highest BCUT2D eigenvalue weighted by atomic mass is 16.5. The first kappa shape index (κ1) is 32.0. The van der Waals surface area contributed by atoms with Crippen molar-refractivity contribution in [2.45, 2.75) is 76.5 Å². The van der Waals surface area contributed by atoms with Crippen LogP contribution >= 0.6 is 0 Å². The number of hydrogen-bond donors (Lipinski definition) is 5. The van der Waals surface area contributed by atoms with Crippen molar-refractivity contribution in [3.63, 3.8) is 0 Å². The minimum Gasteiger partial charge on any atom is -0.484 e. The van der Waals surface area contributed by atoms with Crippen LogP contribution in [0.4, 0.5) is 10.5 Å². The fourth-order valence-corrected chi connectivity index (χ4v) is 6.31. The summed E-state index contributed by atoms with van der Waals surface area (Å²) in [6, 6.07) is 16.3. The molecule has 1 aromatic heterocycles. The Labute approximate surface area is 269 Å². The van der Waals surface area contributed by atoms with Gasteiger partial charge in [0.15, 0.2) is 0 Å². The van der Waals surface area contributed by atoms with E-state index in [1.165, 1.54) is 0 Å². The van der Waals surface area contributed by atoms with Gasteiger partial charge in [-0.25, -0.2) is 4.79 Å². The highest BCUT2D eigenvalue weighted by molar-refractivity contribution is 5.97. The lowest BCUT2D eigenvalue weighted by Gasteiger charge is -2.34. The van der Waals surface area contributed by atoms with Crippen molar-refractivity contribution in [2.24, 2.45) is 0 Å². The largest absolute Gasteiger partial charge is 0.484 e. The minimum absolute atomic E-state index is 0. The van der Waals surface area contributed by atoms with Gasteiger partial charge in [0.05, 0.1) is 17.8 Å². The molecule has 2 aliphatic rings. The zero-order valence-electron chi connectivity index (χ0n) is 27.1. The van der Waals surface area contributed by atoms with Crippen LogP contribution in [0.15, 0.2) is 60.8 Å². The number of carbonyl (C=O) groups is 2. The van der Waals surface area contributed by atoms with Gasteiger partial charge in [-0.15, -0.1) is 0 Å². The summed E-state index contributed by atoms with van der Waals surface area (Å²) in [6.07, 6.45) is 4.73. The lowest BCUT2D eigenvalue weighted by Crippen LogP contribution is -2.50. The number of nitrogens with one attached hydrogen (secondary N) is 5. The molecule has 10 heteroatoms. The van der Waals surface area contributed by atoms with Crippen LogP contribution in [-0.4, -0.2) is 53.4 Å². The van der Waals surface area contributed by atoms with Crippen LogP contribution in [0.25, 0.3) is 0 Å². The smallest absolute Gasteiger partial charge is 0.319 e. The number of likely N-dealkylation sites (tertiary alicyclic amines) is 1. The summed E-state index contributed by atoms with van der Waals surface area (Å²) >= 11 is 0. The van der Waals surface area contributed by atoms with Crippen molar-refractivity contribution in [2.75, 3.05) is 26.0 Å². The number of amides is 3. The molecule has 0 unspecified atom stereocenters. The van der Waals surface area contributed by atoms with E-state index < -0.39 is 5.54 Å². The van der Waals surface area contributed by atoms with E-state index in [0.29, 0.717) is 35.7 Å². The topological polar surface area (TPSA) is 135 Å². The molecule has 2 heterocycles. The highest BCUT2D eigenvalue weighted by Gasteiger charge is 2.39. The number of nitrogens with zero attached hydrogens (tertiary/aromatic N) is 2. The van der Waals surface area contributed by atoms with Crippen LogP contribution in [0.1, 0.15) is 96.9 Å². The van der Waals surface area contributed by atoms with Gasteiger partial charge >= 0.3 is 6.03 Å². The molecular formula is C35H51N7O3. The first-order valence-electron chi connectivity index (χ1n) is 15.6. The van der Waals surface area contributed by atoms with Crippen LogP contribution < -0.4 is 26.2 Å². The summed E-state index contributed by atoms with van der Waals surface area (Å²) in [5.41, 5.74) is 3.56. The molecule has 45 heavy (non-hydrogen) atoms. The maximum atomic E-state index is 13.3. The fraction of sp³-hybridized carbons (Fsp3) is 0.429. The molecule has 0 bridgehead atoms. The van der Waals surface area contributed by atoms with Gasteiger partial charge in [0.1, 0.15) is 23.2 Å². The quantitative estimate of drug-likeness (QED) is 0.160. The van der Waals surface area contributed by atoms with Crippen LogP contribution in [0.5, 0.6) is 5.75 Å². The first-order chi connectivity index (χ1) is 21.3. The molecule has 244 valence electrons. The summed E-state index contributed by atoms with van der Waals surface area (Å²) in [4.78, 5) is 27.9. The number of urea groups is 1. The number of hydrogen-bond acceptors (Lipinski definition) is 6. The van der Waals surface area contributed by atoms with Crippen molar-refractivity contribution in [1.29, 1.82) is 10.8 Å². The van der Waals surface area contributed by atoms with Gasteiger partial charge in [-0.3, -0.25) is 25.1 Å². The number of anilines is 1. The average Bonchev–Trinajstić information content (AvgIpc) is 3.36. The maximum Gasteiger partial charge on any atom is 0.319 e. The van der Waals surface area contributed by atoms with Crippen molar-refractivity contribution in [1.82, 2.24) is 20.1 Å². The van der Waals surface area contributed by atoms with Gasteiger partial charge in [0.2, 0.25) is 0 Å². The molecule has 3 amide bonds. The third-order valence-electron chi connectivity index (χ3n) is 9.24. The van der Waals surface area contributed by atoms with Crippen molar-refractivity contribution < 1.29 is 18.6 Å². The Balaban J connectivity index is 0.00000267. The lowest BCUT2D eigenvalue weighted by atomic mass is 9.85. The van der Waals surface area contributed by atoms with E-state index in [0.717, 1.165) is 36.1 Å². The molecule has 1 aliphatic carbocycles. The second-order valence-electron chi connectivity index (χ2n) is 13.4. The lowest BCUT2D eigenvalue weighted by molar-refractivity contribution is 0.0963. The molecule has 1 aliphatic heterocycles. The second-order valence-corrected chi connectivity index (χ2v) is 13.4. The molecule has 0 radical (unpaired) electrons. The van der Waals surface area contributed by atoms with Crippen LogP contribution in [0.3, 0.4) is 0 Å². The number of aromatic nitrogens is 1. The Hall–Kier alpha value is -4.44. The third kappa shape index (κ3) is 6.66. The fourth-order valence-electron chi connectivity index (χ4n) is 6.31. The third-order valence-corrected chi connectivity index (χ3v) is 9.24. The summed E-state index contributed by atoms with van der Waals surface area (Å²) < 4.78 is 8.13. The molecule has 0 saturated carbocycles. The highest BCUT2D eigenvalue weighted by Crippen LogP contribution is 2.39. The molecule has 0 spiro atoms. The van der Waals surface area contributed by atoms with Crippen molar-refractivity contribution in [3.8, 4) is 5.75 Å². The van der Waals surface area contributed by atoms with Crippen molar-refractivity contribution >= 4 is 23.5 Å². The number of fused-ring (bicyclic) bond motifs is 1. The minimum atomic E-state index is -0.436. The van der Waals surface area contributed by atoms with Crippen LogP contribution in [0.2, 0.25) is 0 Å².